The highest BCUT2D eigenvalue weighted by atomic mass is 31.2. The highest BCUT2D eigenvalue weighted by Crippen LogP contribution is 2.66. The molecule has 0 spiro atoms. The molecule has 4 nitrogen and oxygen atoms in total. The van der Waals surface area contributed by atoms with Crippen molar-refractivity contribution in [2.24, 2.45) is 0 Å². The lowest BCUT2D eigenvalue weighted by molar-refractivity contribution is 0.840. The van der Waals surface area contributed by atoms with E-state index in [1.54, 1.807) is 0 Å². The monoisotopic (exact) mass is 425 g/mol. The van der Waals surface area contributed by atoms with E-state index < -0.39 is 7.26 Å². The van der Waals surface area contributed by atoms with E-state index in [4.69, 9.17) is 10.1 Å². The van der Waals surface area contributed by atoms with Crippen LogP contribution in [0.1, 0.15) is 30.1 Å². The molecule has 5 heteroatoms. The molecule has 31 heavy (non-hydrogen) atoms. The molecule has 0 atom stereocenters. The third kappa shape index (κ3) is 3.51. The fourth-order valence-electron chi connectivity index (χ4n) is 4.39. The van der Waals surface area contributed by atoms with Gasteiger partial charge in [0.25, 0.3) is 0 Å². The fourth-order valence-corrected chi connectivity index (χ4v) is 8.55. The molecule has 2 aromatic carbocycles. The highest BCUT2D eigenvalue weighted by Gasteiger charge is 2.47. The molecule has 0 fully saturated rings. The summed E-state index contributed by atoms with van der Waals surface area (Å²) in [6.45, 7) is 4.03. The van der Waals surface area contributed by atoms with Gasteiger partial charge in [0.1, 0.15) is 35.2 Å². The van der Waals surface area contributed by atoms with Crippen molar-refractivity contribution in [3.8, 4) is 0 Å². The van der Waals surface area contributed by atoms with E-state index in [2.05, 4.69) is 83.9 Å². The van der Waals surface area contributed by atoms with Gasteiger partial charge in [-0.1, -0.05) is 42.5 Å². The van der Waals surface area contributed by atoms with E-state index in [0.29, 0.717) is 0 Å². The van der Waals surface area contributed by atoms with Gasteiger partial charge in [0.15, 0.2) is 11.5 Å². The van der Waals surface area contributed by atoms with Crippen molar-refractivity contribution in [1.82, 2.24) is 19.6 Å². The zero-order chi connectivity index (χ0) is 21.3. The maximum absolute atomic E-state index is 4.99. The average molecular weight is 425 g/mol. The molecular formula is C26H26N4P+. The van der Waals surface area contributed by atoms with Gasteiger partial charge in [-0.15, -0.1) is 5.10 Å². The minimum absolute atomic E-state index is 0.789. The molecule has 0 saturated carbocycles. The van der Waals surface area contributed by atoms with Crippen LogP contribution in [0.25, 0.3) is 5.65 Å². The van der Waals surface area contributed by atoms with Crippen LogP contribution in [-0.4, -0.2) is 19.6 Å². The summed E-state index contributed by atoms with van der Waals surface area (Å²) in [6, 6.07) is 21.9. The normalized spacial score (nSPS) is 14.1. The zero-order valence-electron chi connectivity index (χ0n) is 17.9. The average Bonchev–Trinajstić information content (AvgIpc) is 3.27. The van der Waals surface area contributed by atoms with Gasteiger partial charge < -0.3 is 0 Å². The van der Waals surface area contributed by atoms with E-state index in [9.17, 15) is 0 Å². The molecule has 154 valence electrons. The summed E-state index contributed by atoms with van der Waals surface area (Å²) >= 11 is 0. The molecule has 0 unspecified atom stereocenters. The van der Waals surface area contributed by atoms with Gasteiger partial charge in [-0.3, -0.25) is 0 Å². The van der Waals surface area contributed by atoms with Crippen LogP contribution in [-0.2, 0) is 6.16 Å². The Bertz CT molecular complexity index is 1190. The fraction of sp³-hybridized carbons (Fsp3) is 0.192. The smallest absolute Gasteiger partial charge is 0.190 e. The number of benzene rings is 2. The highest BCUT2D eigenvalue weighted by molar-refractivity contribution is 7.92. The first kappa shape index (κ1) is 19.8. The summed E-state index contributed by atoms with van der Waals surface area (Å²) in [7, 11) is -1.97. The molecule has 5 rings (SSSR count). The molecule has 1 aliphatic carbocycles. The number of rotatable bonds is 5. The first-order valence-corrected chi connectivity index (χ1v) is 12.7. The van der Waals surface area contributed by atoms with E-state index in [-0.39, 0.29) is 0 Å². The largest absolute Gasteiger partial charge is 0.241 e. The van der Waals surface area contributed by atoms with Crippen molar-refractivity contribution in [1.29, 1.82) is 0 Å². The minimum Gasteiger partial charge on any atom is -0.241 e. The number of hydrogen-bond acceptors (Lipinski definition) is 3. The Morgan fingerprint density at radius 3 is 2.16 bits per heavy atom. The van der Waals surface area contributed by atoms with E-state index in [1.165, 1.54) is 15.9 Å². The first-order chi connectivity index (χ1) is 15.2. The van der Waals surface area contributed by atoms with Crippen LogP contribution in [0.3, 0.4) is 0 Å². The quantitative estimate of drug-likeness (QED) is 0.416. The van der Waals surface area contributed by atoms with Crippen molar-refractivity contribution in [2.75, 3.05) is 0 Å². The minimum atomic E-state index is -1.97. The Kier molecular flexibility index (Phi) is 5.25. The van der Waals surface area contributed by atoms with Gasteiger partial charge in [-0.05, 0) is 63.1 Å². The lowest BCUT2D eigenvalue weighted by Crippen LogP contribution is -2.26. The van der Waals surface area contributed by atoms with Gasteiger partial charge in [-0.25, -0.2) is 9.97 Å². The number of allylic oxidation sites excluding steroid dienone is 4. The van der Waals surface area contributed by atoms with Crippen molar-refractivity contribution in [3.05, 3.63) is 108 Å². The lowest BCUT2D eigenvalue weighted by Gasteiger charge is -2.28. The molecular weight excluding hydrogens is 399 g/mol. The molecule has 2 heterocycles. The number of aromatic nitrogens is 4. The van der Waals surface area contributed by atoms with E-state index >= 15 is 0 Å². The summed E-state index contributed by atoms with van der Waals surface area (Å²) in [6.07, 6.45) is 11.9. The summed E-state index contributed by atoms with van der Waals surface area (Å²) in [5, 5.41) is 9.07. The molecule has 0 bridgehead atoms. The van der Waals surface area contributed by atoms with Crippen molar-refractivity contribution < 1.29 is 0 Å². The van der Waals surface area contributed by atoms with Crippen LogP contribution in [0.4, 0.5) is 0 Å². The Morgan fingerprint density at radius 1 is 0.903 bits per heavy atom. The molecule has 0 radical (unpaired) electrons. The van der Waals surface area contributed by atoms with Gasteiger partial charge >= 0.3 is 0 Å². The van der Waals surface area contributed by atoms with Gasteiger partial charge in [0, 0.05) is 11.8 Å². The molecule has 0 amide bonds. The van der Waals surface area contributed by atoms with Gasteiger partial charge in [-0.2, -0.15) is 4.52 Å². The maximum Gasteiger partial charge on any atom is 0.190 e. The zero-order valence-corrected chi connectivity index (χ0v) is 18.8. The van der Waals surface area contributed by atoms with Crippen LogP contribution in [0.2, 0.25) is 0 Å². The van der Waals surface area contributed by atoms with E-state index in [1.807, 2.05) is 24.6 Å². The predicted octanol–water partition coefficient (Wildman–Crippen LogP) is 5.14. The topological polar surface area (TPSA) is 43.1 Å². The number of nitrogens with zero attached hydrogens (tertiary/aromatic N) is 4. The number of fused-ring (bicyclic) bond motifs is 1. The molecule has 0 saturated heterocycles. The Balaban J connectivity index is 1.76. The van der Waals surface area contributed by atoms with Crippen molar-refractivity contribution >= 4 is 23.5 Å². The summed E-state index contributed by atoms with van der Waals surface area (Å²) in [4.78, 5) is 9.46. The maximum atomic E-state index is 4.99. The van der Waals surface area contributed by atoms with Crippen LogP contribution in [0.5, 0.6) is 0 Å². The standard InChI is InChI=1S/C26H26N4P/c1-20-18-27-21(2)30-26(20)28-25(29-30)19-31(22-12-6-3-7-13-22,23-14-8-4-9-15-23)24-16-10-5-11-17-24/h3-4,6-10,12-18H,5,11,19H2,1-2H3/q+1. The van der Waals surface area contributed by atoms with Crippen LogP contribution >= 0.6 is 7.26 Å². The van der Waals surface area contributed by atoms with Crippen LogP contribution < -0.4 is 10.6 Å². The second kappa shape index (κ2) is 8.20. The summed E-state index contributed by atoms with van der Waals surface area (Å²) in [5.74, 6) is 1.74. The Labute approximate surface area is 183 Å². The second-order valence-electron chi connectivity index (χ2n) is 8.00. The Hall–Kier alpha value is -3.10. The Morgan fingerprint density at radius 2 is 1.58 bits per heavy atom. The third-order valence-electron chi connectivity index (χ3n) is 5.94. The second-order valence-corrected chi connectivity index (χ2v) is 11.5. The SMILES string of the molecule is Cc1cnc(C)n2nc(C[P+](C3=CCCC=C3)(c3ccccc3)c3ccccc3)nc12. The number of aryl methyl sites for hydroxylation is 2. The first-order valence-electron chi connectivity index (χ1n) is 10.7. The van der Waals surface area contributed by atoms with Crippen LogP contribution in [0.15, 0.2) is 90.4 Å². The van der Waals surface area contributed by atoms with Crippen LogP contribution in [0, 0.1) is 13.8 Å². The van der Waals surface area contributed by atoms with E-state index in [0.717, 1.165) is 41.9 Å². The molecule has 4 aromatic rings. The van der Waals surface area contributed by atoms with Crippen molar-refractivity contribution in [2.45, 2.75) is 32.9 Å². The summed E-state index contributed by atoms with van der Waals surface area (Å²) in [5.41, 5.74) is 1.94. The third-order valence-corrected chi connectivity index (χ3v) is 10.3. The summed E-state index contributed by atoms with van der Waals surface area (Å²) < 4.78 is 1.89. The van der Waals surface area contributed by atoms with Gasteiger partial charge in [0.2, 0.25) is 0 Å². The molecule has 1 aliphatic rings. The predicted molar refractivity (Wildman–Crippen MR) is 129 cm³/mol. The van der Waals surface area contributed by atoms with Crippen molar-refractivity contribution in [3.63, 3.8) is 0 Å². The lowest BCUT2D eigenvalue weighted by atomic mass is 10.2. The molecule has 2 aromatic heterocycles. The number of hydrogen-bond donors (Lipinski definition) is 0. The van der Waals surface area contributed by atoms with Gasteiger partial charge in [0.05, 0.1) is 0 Å². The molecule has 0 aliphatic heterocycles. The molecule has 0 N–H and O–H groups in total.